The van der Waals surface area contributed by atoms with Crippen LogP contribution in [0.1, 0.15) is 19.4 Å². The van der Waals surface area contributed by atoms with Crippen molar-refractivity contribution in [3.05, 3.63) is 35.4 Å². The van der Waals surface area contributed by atoms with Crippen LogP contribution >= 0.6 is 23.5 Å². The van der Waals surface area contributed by atoms with Crippen LogP contribution in [0, 0.1) is 11.6 Å². The summed E-state index contributed by atoms with van der Waals surface area (Å²) in [6.07, 6.45) is 0.0471. The molecule has 1 nitrogen and oxygen atoms in total. The number of carbonyl (C=O) groups is 1. The lowest BCUT2D eigenvalue weighted by atomic mass is 10.1. The van der Waals surface area contributed by atoms with Gasteiger partial charge >= 0.3 is 0 Å². The van der Waals surface area contributed by atoms with Gasteiger partial charge in [0.2, 0.25) is 0 Å². The van der Waals surface area contributed by atoms with Crippen molar-refractivity contribution < 1.29 is 13.6 Å². The van der Waals surface area contributed by atoms with E-state index in [4.69, 9.17) is 0 Å². The van der Waals surface area contributed by atoms with Crippen LogP contribution in [-0.4, -0.2) is 27.3 Å². The predicted octanol–water partition coefficient (Wildman–Crippen LogP) is 3.70. The highest BCUT2D eigenvalue weighted by Crippen LogP contribution is 2.36. The van der Waals surface area contributed by atoms with Gasteiger partial charge in [0, 0.05) is 28.7 Å². The van der Waals surface area contributed by atoms with Crippen LogP contribution in [-0.2, 0) is 11.2 Å². The van der Waals surface area contributed by atoms with Gasteiger partial charge in [0.15, 0.2) is 5.78 Å². The van der Waals surface area contributed by atoms with Crippen LogP contribution in [0.4, 0.5) is 8.78 Å². The number of benzene rings is 1. The van der Waals surface area contributed by atoms with Crippen molar-refractivity contribution in [3.63, 3.8) is 0 Å². The van der Waals surface area contributed by atoms with Gasteiger partial charge in [-0.2, -0.15) is 11.8 Å². The Hall–Kier alpha value is -0.550. The number of ketones is 1. The second-order valence-electron chi connectivity index (χ2n) is 4.75. The van der Waals surface area contributed by atoms with Crippen molar-refractivity contribution in [2.75, 3.05) is 5.75 Å². The van der Waals surface area contributed by atoms with E-state index in [-0.39, 0.29) is 23.0 Å². The summed E-state index contributed by atoms with van der Waals surface area (Å²) in [6, 6.07) is 3.38. The molecule has 104 valence electrons. The summed E-state index contributed by atoms with van der Waals surface area (Å²) in [5.74, 6) is -0.443. The Morgan fingerprint density at radius 1 is 1.32 bits per heavy atom. The fourth-order valence-electron chi connectivity index (χ4n) is 1.92. The summed E-state index contributed by atoms with van der Waals surface area (Å²) >= 11 is 3.45. The summed E-state index contributed by atoms with van der Waals surface area (Å²) in [6.45, 7) is 4.27. The zero-order valence-electron chi connectivity index (χ0n) is 10.9. The zero-order chi connectivity index (χ0) is 14.0. The number of hydrogen-bond donors (Lipinski definition) is 0. The predicted molar refractivity (Wildman–Crippen MR) is 77.8 cm³/mol. The molecule has 19 heavy (non-hydrogen) atoms. The Morgan fingerprint density at radius 2 is 2.05 bits per heavy atom. The lowest BCUT2D eigenvalue weighted by molar-refractivity contribution is -0.117. The van der Waals surface area contributed by atoms with Crippen LogP contribution in [0.25, 0.3) is 0 Å². The van der Waals surface area contributed by atoms with Crippen LogP contribution in [0.2, 0.25) is 0 Å². The van der Waals surface area contributed by atoms with Gasteiger partial charge in [-0.1, -0.05) is 19.9 Å². The molecule has 0 radical (unpaired) electrons. The average Bonchev–Trinajstić information content (AvgIpc) is 2.36. The first kappa shape index (κ1) is 14.9. The first-order chi connectivity index (χ1) is 8.97. The lowest BCUT2D eigenvalue weighted by Gasteiger charge is -2.30. The van der Waals surface area contributed by atoms with E-state index in [1.54, 1.807) is 23.5 Å². The minimum atomic E-state index is -0.636. The van der Waals surface area contributed by atoms with Crippen molar-refractivity contribution in [3.8, 4) is 0 Å². The summed E-state index contributed by atoms with van der Waals surface area (Å²) in [5, 5.41) is 0.878. The Morgan fingerprint density at radius 3 is 2.68 bits per heavy atom. The number of rotatable bonds is 3. The highest BCUT2D eigenvalue weighted by molar-refractivity contribution is 8.08. The van der Waals surface area contributed by atoms with Crippen LogP contribution in [0.15, 0.2) is 18.2 Å². The molecule has 0 saturated carbocycles. The van der Waals surface area contributed by atoms with Crippen LogP contribution in [0.3, 0.4) is 0 Å². The summed E-state index contributed by atoms with van der Waals surface area (Å²) in [4.78, 5) is 12.2. The second kappa shape index (κ2) is 6.27. The SMILES string of the molecule is CC1SCC(C(=O)Cc2ccc(F)cc2F)SC1C. The number of halogens is 2. The largest absolute Gasteiger partial charge is 0.298 e. The van der Waals surface area contributed by atoms with E-state index >= 15 is 0 Å². The smallest absolute Gasteiger partial charge is 0.151 e. The number of thioether (sulfide) groups is 2. The molecule has 1 aliphatic rings. The molecule has 0 N–H and O–H groups in total. The van der Waals surface area contributed by atoms with Crippen LogP contribution in [0.5, 0.6) is 0 Å². The van der Waals surface area contributed by atoms with E-state index in [9.17, 15) is 13.6 Å². The molecule has 0 aliphatic carbocycles. The van der Waals surface area contributed by atoms with E-state index in [2.05, 4.69) is 13.8 Å². The van der Waals surface area contributed by atoms with Gasteiger partial charge in [-0.3, -0.25) is 4.79 Å². The van der Waals surface area contributed by atoms with Gasteiger partial charge in [-0.25, -0.2) is 8.78 Å². The van der Waals surface area contributed by atoms with Crippen molar-refractivity contribution in [1.82, 2.24) is 0 Å². The molecule has 0 bridgehead atoms. The van der Waals surface area contributed by atoms with E-state index < -0.39 is 11.6 Å². The standard InChI is InChI=1S/C14H16F2OS2/c1-8-9(2)19-14(7-18-8)13(17)5-10-3-4-11(15)6-12(10)16/h3-4,6,8-9,14H,5,7H2,1-2H3. The minimum Gasteiger partial charge on any atom is -0.298 e. The molecule has 3 unspecified atom stereocenters. The second-order valence-corrected chi connectivity index (χ2v) is 7.74. The third-order valence-corrected chi connectivity index (χ3v) is 6.73. The third-order valence-electron chi connectivity index (χ3n) is 3.29. The van der Waals surface area contributed by atoms with Gasteiger partial charge in [0.25, 0.3) is 0 Å². The maximum absolute atomic E-state index is 13.5. The van der Waals surface area contributed by atoms with Crippen molar-refractivity contribution >= 4 is 29.3 Å². The Labute approximate surface area is 120 Å². The summed E-state index contributed by atoms with van der Waals surface area (Å²) in [5.41, 5.74) is 0.281. The molecular weight excluding hydrogens is 286 g/mol. The fourth-order valence-corrected chi connectivity index (χ4v) is 4.81. The van der Waals surface area contributed by atoms with Crippen molar-refractivity contribution in [2.24, 2.45) is 0 Å². The van der Waals surface area contributed by atoms with Gasteiger partial charge in [-0.05, 0) is 11.6 Å². The normalized spacial score (nSPS) is 27.3. The molecule has 5 heteroatoms. The van der Waals surface area contributed by atoms with E-state index in [1.807, 2.05) is 0 Å². The first-order valence-electron chi connectivity index (χ1n) is 6.21. The van der Waals surface area contributed by atoms with E-state index in [0.717, 1.165) is 11.8 Å². The first-order valence-corrected chi connectivity index (χ1v) is 8.20. The minimum absolute atomic E-state index is 0.0294. The van der Waals surface area contributed by atoms with E-state index in [0.29, 0.717) is 10.5 Å². The van der Waals surface area contributed by atoms with Gasteiger partial charge in [0.05, 0.1) is 5.25 Å². The van der Waals surface area contributed by atoms with Crippen LogP contribution < -0.4 is 0 Å². The molecule has 1 aromatic rings. The maximum Gasteiger partial charge on any atom is 0.151 e. The molecule has 3 atom stereocenters. The van der Waals surface area contributed by atoms with Gasteiger partial charge in [-0.15, -0.1) is 11.8 Å². The van der Waals surface area contributed by atoms with E-state index in [1.165, 1.54) is 12.1 Å². The molecule has 0 spiro atoms. The summed E-state index contributed by atoms with van der Waals surface area (Å²) in [7, 11) is 0. The highest BCUT2D eigenvalue weighted by atomic mass is 32.2. The highest BCUT2D eigenvalue weighted by Gasteiger charge is 2.30. The topological polar surface area (TPSA) is 17.1 Å². The van der Waals surface area contributed by atoms with Crippen molar-refractivity contribution in [1.29, 1.82) is 0 Å². The zero-order valence-corrected chi connectivity index (χ0v) is 12.5. The summed E-state index contributed by atoms with van der Waals surface area (Å²) < 4.78 is 26.3. The number of hydrogen-bond acceptors (Lipinski definition) is 3. The average molecular weight is 302 g/mol. The fraction of sp³-hybridized carbons (Fsp3) is 0.500. The third kappa shape index (κ3) is 3.72. The van der Waals surface area contributed by atoms with Gasteiger partial charge in [0.1, 0.15) is 11.6 Å². The molecule has 1 fully saturated rings. The molecule has 1 aliphatic heterocycles. The maximum atomic E-state index is 13.5. The molecule has 0 aromatic heterocycles. The number of Topliss-reactive ketones (excluding diaryl/α,β-unsaturated/α-hetero) is 1. The molecule has 1 aromatic carbocycles. The monoisotopic (exact) mass is 302 g/mol. The molecular formula is C14H16F2OS2. The quantitative estimate of drug-likeness (QED) is 0.847. The Kier molecular flexibility index (Phi) is 4.90. The molecule has 1 saturated heterocycles. The van der Waals surface area contributed by atoms with Gasteiger partial charge < -0.3 is 0 Å². The molecule has 0 amide bonds. The molecule has 2 rings (SSSR count). The number of carbonyl (C=O) groups excluding carboxylic acids is 1. The van der Waals surface area contributed by atoms with Crippen molar-refractivity contribution in [2.45, 2.75) is 36.0 Å². The Bertz CT molecular complexity index is 479. The lowest BCUT2D eigenvalue weighted by Crippen LogP contribution is -2.32. The molecule has 1 heterocycles. The Balaban J connectivity index is 2.01.